The van der Waals surface area contributed by atoms with Gasteiger partial charge in [-0.05, 0) is 82.0 Å². The molecule has 250 valence electrons. The minimum atomic E-state index is -2.74. The van der Waals surface area contributed by atoms with Gasteiger partial charge in [0.05, 0.1) is 0 Å². The highest BCUT2D eigenvalue weighted by atomic mass is 32.3. The second-order valence-electron chi connectivity index (χ2n) is 12.4. The van der Waals surface area contributed by atoms with Crippen molar-refractivity contribution >= 4 is 60.8 Å². The summed E-state index contributed by atoms with van der Waals surface area (Å²) in [4.78, 5) is 4.82. The van der Waals surface area contributed by atoms with Crippen LogP contribution in [0.1, 0.15) is 13.8 Å². The molecule has 7 rings (SSSR count). The maximum absolute atomic E-state index is 6.62. The van der Waals surface area contributed by atoms with Gasteiger partial charge < -0.3 is 4.42 Å². The van der Waals surface area contributed by atoms with Gasteiger partial charge >= 0.3 is 0 Å². The van der Waals surface area contributed by atoms with Gasteiger partial charge in [0, 0.05) is 25.5 Å². The van der Waals surface area contributed by atoms with Gasteiger partial charge in [0.2, 0.25) is 0 Å². The Balaban J connectivity index is 1.58. The molecule has 1 nitrogen and oxygen atoms in total. The van der Waals surface area contributed by atoms with Crippen LogP contribution in [0.4, 0.5) is 0 Å². The van der Waals surface area contributed by atoms with Gasteiger partial charge in [-0.2, -0.15) is 0 Å². The van der Waals surface area contributed by atoms with E-state index >= 15 is 0 Å². The number of furan rings is 1. The lowest BCUT2D eigenvalue weighted by atomic mass is 10.1. The number of allylic oxidation sites excluding steroid dienone is 6. The van der Waals surface area contributed by atoms with Crippen LogP contribution in [0.3, 0.4) is 0 Å². The lowest BCUT2D eigenvalue weighted by molar-refractivity contribution is 0.669. The Labute approximate surface area is 304 Å². The first-order valence-electron chi connectivity index (χ1n) is 17.4. The van der Waals surface area contributed by atoms with E-state index in [1.165, 1.54) is 35.4 Å². The fourth-order valence-electron chi connectivity index (χ4n) is 7.64. The van der Waals surface area contributed by atoms with Crippen molar-refractivity contribution in [1.29, 1.82) is 0 Å². The molecular weight excluding hydrogens is 653 g/mol. The zero-order chi connectivity index (χ0) is 35.3. The monoisotopic (exact) mass is 694 g/mol. The average molecular weight is 695 g/mol. The minimum absolute atomic E-state index is 0.875. The Hall–Kier alpha value is -5.61. The first-order chi connectivity index (χ1) is 25.1. The standard InChI is InChI=1S/C48H42OSSi/c1-5-21-37(7-3)50(38(8-4)22-6-2,39-23-13-9-14-24-39)40-31-33-47-45(35-40)46-36-44(32-34-48(46)49-47)51(41-25-15-10-16-26-41,42-27-17-11-18-28-42)43-29-19-12-20-30-43/h5-36H,1,3H2,2,4H3/b22-6-,37-21+,38-8+. The van der Waals surface area contributed by atoms with Crippen LogP contribution in [0.25, 0.3) is 21.9 Å². The van der Waals surface area contributed by atoms with Crippen LogP contribution in [-0.4, -0.2) is 8.07 Å². The van der Waals surface area contributed by atoms with Crippen LogP contribution in [0.15, 0.2) is 231 Å². The number of hydrogen-bond donors (Lipinski definition) is 0. The van der Waals surface area contributed by atoms with Crippen LogP contribution in [0, 0.1) is 0 Å². The molecule has 0 N–H and O–H groups in total. The third-order valence-electron chi connectivity index (χ3n) is 9.75. The second-order valence-corrected chi connectivity index (χ2v) is 19.4. The summed E-state index contributed by atoms with van der Waals surface area (Å²) in [5, 5.41) is 7.57. The smallest absolute Gasteiger partial charge is 0.179 e. The first kappa shape index (κ1) is 33.9. The predicted molar refractivity (Wildman–Crippen MR) is 225 cm³/mol. The molecule has 0 aliphatic rings. The second kappa shape index (κ2) is 14.7. The maximum Gasteiger partial charge on any atom is 0.179 e. The van der Waals surface area contributed by atoms with Crippen molar-refractivity contribution in [2.24, 2.45) is 0 Å². The van der Waals surface area contributed by atoms with Gasteiger partial charge in [-0.25, -0.2) is 0 Å². The lowest BCUT2D eigenvalue weighted by Crippen LogP contribution is -2.74. The Morgan fingerprint density at radius 2 is 1.06 bits per heavy atom. The Morgan fingerprint density at radius 1 is 0.549 bits per heavy atom. The van der Waals surface area contributed by atoms with Crippen LogP contribution >= 0.6 is 10.0 Å². The molecule has 1 heterocycles. The Bertz CT molecular complexity index is 2310. The van der Waals surface area contributed by atoms with E-state index in [0.29, 0.717) is 0 Å². The molecule has 1 aromatic heterocycles. The van der Waals surface area contributed by atoms with Crippen molar-refractivity contribution < 1.29 is 4.42 Å². The molecule has 0 aliphatic heterocycles. The highest BCUT2D eigenvalue weighted by Crippen LogP contribution is 2.74. The van der Waals surface area contributed by atoms with Crippen molar-refractivity contribution in [3.8, 4) is 0 Å². The summed E-state index contributed by atoms with van der Waals surface area (Å²) in [5.41, 5.74) is 1.76. The molecule has 0 aliphatic carbocycles. The van der Waals surface area contributed by atoms with Crippen molar-refractivity contribution in [3.63, 3.8) is 0 Å². The van der Waals surface area contributed by atoms with Gasteiger partial charge in [0.15, 0.2) is 8.07 Å². The fourth-order valence-corrected chi connectivity index (χ4v) is 16.4. The summed E-state index contributed by atoms with van der Waals surface area (Å²) >= 11 is 0. The van der Waals surface area contributed by atoms with Crippen LogP contribution in [0.2, 0.25) is 0 Å². The topological polar surface area (TPSA) is 13.1 Å². The number of hydrogen-bond acceptors (Lipinski definition) is 1. The summed E-state index contributed by atoms with van der Waals surface area (Å²) in [7, 11) is -4.69. The lowest BCUT2D eigenvalue weighted by Gasteiger charge is -2.43. The molecule has 0 bridgehead atoms. The summed E-state index contributed by atoms with van der Waals surface area (Å²) in [6, 6.07) is 57.7. The van der Waals surface area contributed by atoms with E-state index < -0.39 is 18.1 Å². The molecule has 7 aromatic rings. The molecule has 0 saturated carbocycles. The van der Waals surface area contributed by atoms with Crippen LogP contribution in [0.5, 0.6) is 0 Å². The van der Waals surface area contributed by atoms with Gasteiger partial charge in [0.1, 0.15) is 11.2 Å². The van der Waals surface area contributed by atoms with Crippen LogP contribution in [-0.2, 0) is 0 Å². The molecule has 0 fully saturated rings. The number of rotatable bonds is 11. The fraction of sp³-hybridized carbons (Fsp3) is 0.0417. The molecule has 0 saturated heterocycles. The Morgan fingerprint density at radius 3 is 1.55 bits per heavy atom. The highest BCUT2D eigenvalue weighted by Gasteiger charge is 2.42. The summed E-state index contributed by atoms with van der Waals surface area (Å²) in [6.07, 6.45) is 12.6. The average Bonchev–Trinajstić information content (AvgIpc) is 3.57. The quantitative estimate of drug-likeness (QED) is 0.0746. The van der Waals surface area contributed by atoms with Gasteiger partial charge in [-0.1, -0.05) is 165 Å². The molecule has 0 amide bonds. The minimum Gasteiger partial charge on any atom is -0.456 e. The van der Waals surface area contributed by atoms with E-state index in [1.54, 1.807) is 0 Å². The third kappa shape index (κ3) is 5.69. The van der Waals surface area contributed by atoms with Gasteiger partial charge in [-0.3, -0.25) is 0 Å². The molecule has 1 unspecified atom stereocenters. The van der Waals surface area contributed by atoms with Crippen molar-refractivity contribution in [3.05, 3.63) is 217 Å². The molecule has 51 heavy (non-hydrogen) atoms. The molecule has 1 atom stereocenters. The molecule has 0 spiro atoms. The first-order valence-corrected chi connectivity index (χ1v) is 21.0. The van der Waals surface area contributed by atoms with E-state index in [4.69, 9.17) is 4.42 Å². The van der Waals surface area contributed by atoms with E-state index in [9.17, 15) is 0 Å². The summed E-state index contributed by atoms with van der Waals surface area (Å²) < 4.78 is 6.62. The van der Waals surface area contributed by atoms with E-state index in [0.717, 1.165) is 26.8 Å². The van der Waals surface area contributed by atoms with Crippen molar-refractivity contribution in [2.45, 2.75) is 23.6 Å². The van der Waals surface area contributed by atoms with Gasteiger partial charge in [-0.15, -0.1) is 10.0 Å². The van der Waals surface area contributed by atoms with E-state index in [1.807, 2.05) is 12.2 Å². The normalized spacial score (nSPS) is 14.4. The Kier molecular flexibility index (Phi) is 9.76. The third-order valence-corrected chi connectivity index (χ3v) is 18.6. The largest absolute Gasteiger partial charge is 0.456 e. The summed E-state index contributed by atoms with van der Waals surface area (Å²) in [6.45, 7) is 12.7. The zero-order valence-corrected chi connectivity index (χ0v) is 31.0. The SMILES string of the molecule is C=C/C=C(\C=C)S(C(/C=C\C)=C/C)(c1ccccc1)c1ccc2oc3ccc([Si](c4ccccc4)(c4ccccc4)c4ccccc4)cc3c2c1. The molecule has 6 aromatic carbocycles. The predicted octanol–water partition coefficient (Wildman–Crippen LogP) is 10.9. The maximum atomic E-state index is 6.62. The molecule has 0 radical (unpaired) electrons. The number of benzene rings is 6. The summed E-state index contributed by atoms with van der Waals surface area (Å²) in [5.74, 6) is 0. The van der Waals surface area contributed by atoms with E-state index in [2.05, 4.69) is 209 Å². The number of fused-ring (bicyclic) bond motifs is 3. The van der Waals surface area contributed by atoms with Crippen molar-refractivity contribution in [2.75, 3.05) is 0 Å². The molecular formula is C48H42OSSi. The molecule has 3 heteroatoms. The van der Waals surface area contributed by atoms with Crippen LogP contribution < -0.4 is 20.7 Å². The van der Waals surface area contributed by atoms with Crippen molar-refractivity contribution in [1.82, 2.24) is 0 Å². The van der Waals surface area contributed by atoms with Gasteiger partial charge in [0.25, 0.3) is 0 Å². The van der Waals surface area contributed by atoms with E-state index in [-0.39, 0.29) is 0 Å². The zero-order valence-electron chi connectivity index (χ0n) is 29.2. The highest BCUT2D eigenvalue weighted by molar-refractivity contribution is 8.40.